The lowest BCUT2D eigenvalue weighted by Crippen LogP contribution is -2.58. The number of aliphatic hydroxyl groups excluding tert-OH is 2. The van der Waals surface area contributed by atoms with Crippen LogP contribution < -0.4 is 15.4 Å². The van der Waals surface area contributed by atoms with E-state index >= 15 is 0 Å². The summed E-state index contributed by atoms with van der Waals surface area (Å²) in [5, 5.41) is 26.3. The lowest BCUT2D eigenvalue weighted by atomic mass is 9.99. The largest absolute Gasteiger partial charge is 0.483 e. The second kappa shape index (κ2) is 13.3. The summed E-state index contributed by atoms with van der Waals surface area (Å²) in [7, 11) is 0. The van der Waals surface area contributed by atoms with E-state index in [9.17, 15) is 24.6 Å². The van der Waals surface area contributed by atoms with Gasteiger partial charge in [-0.2, -0.15) is 0 Å². The third-order valence-corrected chi connectivity index (χ3v) is 7.31. The number of aryl methyl sites for hydroxylation is 2. The van der Waals surface area contributed by atoms with Crippen molar-refractivity contribution in [1.82, 2.24) is 15.5 Å². The molecule has 0 radical (unpaired) electrons. The Labute approximate surface area is 234 Å². The molecule has 1 aliphatic heterocycles. The van der Waals surface area contributed by atoms with Crippen LogP contribution in [0.4, 0.5) is 0 Å². The fourth-order valence-electron chi connectivity index (χ4n) is 4.53. The first-order valence-electron chi connectivity index (χ1n) is 12.9. The lowest BCUT2D eigenvalue weighted by Gasteiger charge is -2.31. The van der Waals surface area contributed by atoms with Crippen LogP contribution in [0.2, 0.25) is 0 Å². The Hall–Kier alpha value is -3.08. The molecule has 2 aromatic carbocycles. The molecule has 2 aromatic rings. The average Bonchev–Trinajstić information content (AvgIpc) is 3.37. The molecule has 1 saturated heterocycles. The van der Waals surface area contributed by atoms with Crippen LogP contribution in [0.5, 0.6) is 5.75 Å². The molecule has 39 heavy (non-hydrogen) atoms. The molecule has 0 unspecified atom stereocenters. The summed E-state index contributed by atoms with van der Waals surface area (Å²) < 4.78 is 5.79. The zero-order valence-corrected chi connectivity index (χ0v) is 24.0. The van der Waals surface area contributed by atoms with Crippen molar-refractivity contribution in [2.24, 2.45) is 0 Å². The number of carbonyl (C=O) groups excluding carboxylic acids is 3. The smallest absolute Gasteiger partial charge is 0.258 e. The van der Waals surface area contributed by atoms with Crippen LogP contribution in [0.1, 0.15) is 43.0 Å². The maximum absolute atomic E-state index is 13.4. The molecule has 4 N–H and O–H groups in total. The number of thioether (sulfide) groups is 1. The standard InChI is InChI=1S/C29H39N3O6S/c1-18-11-21(14-33)12-19(2)26(18)38-15-24(34)30-22(13-20-9-7-6-8-10-20)25(35)28(37)32-17-39-16-23(32)27(36)31-29(3,4)5/h6-12,22-23,25,33,35H,13-17H2,1-5H3,(H,30,34)(H,31,36)/t22-,23-,25-/m0/s1. The van der Waals surface area contributed by atoms with Gasteiger partial charge in [0.25, 0.3) is 11.8 Å². The molecular weight excluding hydrogens is 518 g/mol. The number of nitrogens with zero attached hydrogens (tertiary/aromatic N) is 1. The molecule has 3 rings (SSSR count). The number of amides is 3. The van der Waals surface area contributed by atoms with Gasteiger partial charge in [0.05, 0.1) is 18.5 Å². The Morgan fingerprint density at radius 2 is 1.74 bits per heavy atom. The number of carbonyl (C=O) groups is 3. The Kier molecular flexibility index (Phi) is 10.4. The van der Waals surface area contributed by atoms with Crippen molar-refractivity contribution in [1.29, 1.82) is 0 Å². The lowest BCUT2D eigenvalue weighted by molar-refractivity contribution is -0.147. The second-order valence-electron chi connectivity index (χ2n) is 10.9. The number of hydrogen-bond donors (Lipinski definition) is 4. The van der Waals surface area contributed by atoms with Crippen LogP contribution in [0.3, 0.4) is 0 Å². The van der Waals surface area contributed by atoms with Gasteiger partial charge in [0.2, 0.25) is 5.91 Å². The van der Waals surface area contributed by atoms with Gasteiger partial charge in [0.1, 0.15) is 11.8 Å². The quantitative estimate of drug-likeness (QED) is 0.352. The number of hydrogen-bond acceptors (Lipinski definition) is 7. The van der Waals surface area contributed by atoms with E-state index in [1.165, 1.54) is 16.7 Å². The highest BCUT2D eigenvalue weighted by molar-refractivity contribution is 7.99. The van der Waals surface area contributed by atoms with Gasteiger partial charge in [0.15, 0.2) is 12.7 Å². The predicted molar refractivity (Wildman–Crippen MR) is 151 cm³/mol. The maximum atomic E-state index is 13.4. The normalized spacial score (nSPS) is 16.9. The molecule has 1 heterocycles. The number of aliphatic hydroxyl groups is 2. The van der Waals surface area contributed by atoms with E-state index in [0.717, 1.165) is 22.3 Å². The van der Waals surface area contributed by atoms with Gasteiger partial charge in [0, 0.05) is 11.3 Å². The topological polar surface area (TPSA) is 128 Å². The first kappa shape index (κ1) is 30.5. The van der Waals surface area contributed by atoms with Crippen LogP contribution in [0, 0.1) is 13.8 Å². The van der Waals surface area contributed by atoms with E-state index in [0.29, 0.717) is 11.5 Å². The van der Waals surface area contributed by atoms with Crippen LogP contribution in [-0.2, 0) is 27.4 Å². The van der Waals surface area contributed by atoms with Gasteiger partial charge >= 0.3 is 0 Å². The fourth-order valence-corrected chi connectivity index (χ4v) is 5.69. The molecule has 1 fully saturated rings. The number of ether oxygens (including phenoxy) is 1. The molecular formula is C29H39N3O6S. The minimum atomic E-state index is -1.56. The van der Waals surface area contributed by atoms with Crippen LogP contribution >= 0.6 is 11.8 Å². The SMILES string of the molecule is Cc1cc(CO)cc(C)c1OCC(=O)N[C@@H](Cc1ccccc1)[C@H](O)C(=O)N1CSC[C@H]1C(=O)NC(C)(C)C. The third-order valence-electron chi connectivity index (χ3n) is 6.30. The van der Waals surface area contributed by atoms with E-state index in [-0.39, 0.29) is 31.4 Å². The van der Waals surface area contributed by atoms with E-state index in [1.807, 2.05) is 65.0 Å². The summed E-state index contributed by atoms with van der Waals surface area (Å²) in [6, 6.07) is 11.2. The monoisotopic (exact) mass is 557 g/mol. The van der Waals surface area contributed by atoms with Crippen molar-refractivity contribution in [3.05, 3.63) is 64.7 Å². The Morgan fingerprint density at radius 3 is 2.33 bits per heavy atom. The van der Waals surface area contributed by atoms with Gasteiger partial charge in [-0.05, 0) is 63.3 Å². The Morgan fingerprint density at radius 1 is 1.10 bits per heavy atom. The van der Waals surface area contributed by atoms with Crippen molar-refractivity contribution in [3.8, 4) is 5.75 Å². The third kappa shape index (κ3) is 8.45. The molecule has 0 saturated carbocycles. The second-order valence-corrected chi connectivity index (χ2v) is 11.9. The van der Waals surface area contributed by atoms with Gasteiger partial charge in [-0.25, -0.2) is 0 Å². The highest BCUT2D eigenvalue weighted by atomic mass is 32.2. The van der Waals surface area contributed by atoms with E-state index in [2.05, 4.69) is 10.6 Å². The molecule has 3 atom stereocenters. The average molecular weight is 558 g/mol. The van der Waals surface area contributed by atoms with Gasteiger partial charge in [-0.15, -0.1) is 11.8 Å². The number of rotatable bonds is 10. The van der Waals surface area contributed by atoms with Crippen molar-refractivity contribution in [3.63, 3.8) is 0 Å². The number of benzene rings is 2. The molecule has 212 valence electrons. The summed E-state index contributed by atoms with van der Waals surface area (Å²) in [5.41, 5.74) is 2.69. The highest BCUT2D eigenvalue weighted by Gasteiger charge is 2.40. The molecule has 0 spiro atoms. The van der Waals surface area contributed by atoms with Crippen molar-refractivity contribution >= 4 is 29.5 Å². The zero-order chi connectivity index (χ0) is 28.7. The van der Waals surface area contributed by atoms with Gasteiger partial charge in [-0.1, -0.05) is 42.5 Å². The predicted octanol–water partition coefficient (Wildman–Crippen LogP) is 2.08. The first-order chi connectivity index (χ1) is 18.4. The molecule has 9 nitrogen and oxygen atoms in total. The van der Waals surface area contributed by atoms with Crippen LogP contribution in [-0.4, -0.2) is 74.8 Å². The van der Waals surface area contributed by atoms with Crippen LogP contribution in [0.15, 0.2) is 42.5 Å². The van der Waals surface area contributed by atoms with Crippen molar-refractivity contribution < 1.29 is 29.3 Å². The molecule has 10 heteroatoms. The first-order valence-corrected chi connectivity index (χ1v) is 14.1. The van der Waals surface area contributed by atoms with Gasteiger partial charge < -0.3 is 30.5 Å². The highest BCUT2D eigenvalue weighted by Crippen LogP contribution is 2.26. The summed E-state index contributed by atoms with van der Waals surface area (Å²) in [6.45, 7) is 8.86. The van der Waals surface area contributed by atoms with Gasteiger partial charge in [-0.3, -0.25) is 14.4 Å². The van der Waals surface area contributed by atoms with Crippen molar-refractivity contribution in [2.75, 3.05) is 18.2 Å². The molecule has 0 aromatic heterocycles. The zero-order valence-electron chi connectivity index (χ0n) is 23.2. The van der Waals surface area contributed by atoms with E-state index in [1.54, 1.807) is 12.1 Å². The summed E-state index contributed by atoms with van der Waals surface area (Å²) in [5.74, 6) is -0.135. The van der Waals surface area contributed by atoms with E-state index in [4.69, 9.17) is 4.74 Å². The molecule has 1 aliphatic rings. The van der Waals surface area contributed by atoms with E-state index < -0.39 is 35.5 Å². The minimum absolute atomic E-state index is 0.0935. The minimum Gasteiger partial charge on any atom is -0.483 e. The number of nitrogens with one attached hydrogen (secondary N) is 2. The summed E-state index contributed by atoms with van der Waals surface area (Å²) in [4.78, 5) is 40.6. The maximum Gasteiger partial charge on any atom is 0.258 e. The van der Waals surface area contributed by atoms with Crippen LogP contribution in [0.25, 0.3) is 0 Å². The molecule has 0 aliphatic carbocycles. The Bertz CT molecular complexity index is 1140. The summed E-state index contributed by atoms with van der Waals surface area (Å²) in [6.07, 6.45) is -1.35. The Balaban J connectivity index is 1.74. The van der Waals surface area contributed by atoms with Crippen molar-refractivity contribution in [2.45, 2.75) is 71.4 Å². The summed E-state index contributed by atoms with van der Waals surface area (Å²) >= 11 is 1.44. The molecule has 0 bridgehead atoms. The fraction of sp³-hybridized carbons (Fsp3) is 0.483. The molecule has 3 amide bonds.